The Balaban J connectivity index is 2.26. The summed E-state index contributed by atoms with van der Waals surface area (Å²) >= 11 is 0. The first kappa shape index (κ1) is 15.0. The topological polar surface area (TPSA) is 81.8 Å². The van der Waals surface area contributed by atoms with Gasteiger partial charge in [-0.1, -0.05) is 12.1 Å². The fourth-order valence-corrected chi connectivity index (χ4v) is 1.89. The number of ether oxygens (including phenoxy) is 2. The number of rotatable bonds is 6. The molecule has 0 atom stereocenters. The Kier molecular flexibility index (Phi) is 4.86. The highest BCUT2D eigenvalue weighted by Gasteiger charge is 2.12. The van der Waals surface area contributed by atoms with E-state index in [0.717, 1.165) is 5.56 Å². The van der Waals surface area contributed by atoms with Crippen molar-refractivity contribution in [2.24, 2.45) is 0 Å². The van der Waals surface area contributed by atoms with Crippen molar-refractivity contribution >= 4 is 5.69 Å². The Labute approximate surface area is 121 Å². The maximum absolute atomic E-state index is 10.7. The molecule has 2 aromatic carbocycles. The molecule has 0 aromatic heterocycles. The zero-order chi connectivity index (χ0) is 15.2. The van der Waals surface area contributed by atoms with Gasteiger partial charge in [0.05, 0.1) is 18.1 Å². The lowest BCUT2D eigenvalue weighted by molar-refractivity contribution is -0.385. The molecule has 0 aliphatic carbocycles. The molecule has 0 spiro atoms. The summed E-state index contributed by atoms with van der Waals surface area (Å²) in [4.78, 5) is 10.2. The molecular formula is C15H15NO5. The fourth-order valence-electron chi connectivity index (χ4n) is 1.89. The van der Waals surface area contributed by atoms with Crippen molar-refractivity contribution in [3.8, 4) is 11.5 Å². The van der Waals surface area contributed by atoms with Gasteiger partial charge in [0.15, 0.2) is 0 Å². The second-order valence-electron chi connectivity index (χ2n) is 4.39. The number of hydrogen-bond donors (Lipinski definition) is 1. The number of nitro benzene ring substituents is 1. The van der Waals surface area contributed by atoms with Crippen LogP contribution in [0.2, 0.25) is 0 Å². The summed E-state index contributed by atoms with van der Waals surface area (Å²) < 4.78 is 10.7. The minimum absolute atomic E-state index is 0.0838. The predicted molar refractivity (Wildman–Crippen MR) is 76.2 cm³/mol. The van der Waals surface area contributed by atoms with E-state index in [-0.39, 0.29) is 12.3 Å². The molecule has 2 rings (SSSR count). The van der Waals surface area contributed by atoms with Crippen LogP contribution in [-0.4, -0.2) is 17.1 Å². The number of aliphatic hydroxyl groups is 1. The van der Waals surface area contributed by atoms with Crippen LogP contribution >= 0.6 is 0 Å². The molecule has 0 heterocycles. The van der Waals surface area contributed by atoms with Crippen molar-refractivity contribution < 1.29 is 19.5 Å². The van der Waals surface area contributed by atoms with Gasteiger partial charge in [0.1, 0.15) is 11.5 Å². The Morgan fingerprint density at radius 3 is 2.71 bits per heavy atom. The normalized spacial score (nSPS) is 10.4. The first-order valence-corrected chi connectivity index (χ1v) is 6.28. The molecule has 0 radical (unpaired) electrons. The van der Waals surface area contributed by atoms with Crippen molar-refractivity contribution in [3.63, 3.8) is 0 Å². The highest BCUT2D eigenvalue weighted by Crippen LogP contribution is 2.29. The molecule has 0 aliphatic heterocycles. The van der Waals surface area contributed by atoms with Crippen molar-refractivity contribution in [3.05, 3.63) is 63.7 Å². The van der Waals surface area contributed by atoms with Crippen LogP contribution in [0.15, 0.2) is 42.5 Å². The van der Waals surface area contributed by atoms with Crippen LogP contribution in [0.5, 0.6) is 11.5 Å². The van der Waals surface area contributed by atoms with Crippen LogP contribution in [-0.2, 0) is 18.0 Å². The molecule has 0 unspecified atom stereocenters. The Morgan fingerprint density at radius 1 is 1.24 bits per heavy atom. The number of nitrogens with zero attached hydrogens (tertiary/aromatic N) is 1. The molecule has 6 nitrogen and oxygen atoms in total. The molecule has 21 heavy (non-hydrogen) atoms. The number of non-ortho nitro benzene ring substituents is 1. The third-order valence-corrected chi connectivity index (χ3v) is 2.86. The highest BCUT2D eigenvalue weighted by atomic mass is 16.6. The van der Waals surface area contributed by atoms with Crippen LogP contribution in [0.1, 0.15) is 11.1 Å². The third kappa shape index (κ3) is 3.77. The SMILES string of the molecule is COCc1cccc(Oc2ccc([N+](=O)[O-])cc2CO)c1. The third-order valence-electron chi connectivity index (χ3n) is 2.86. The predicted octanol–water partition coefficient (Wildman–Crippen LogP) is 3.03. The largest absolute Gasteiger partial charge is 0.457 e. The molecule has 0 bridgehead atoms. The van der Waals surface area contributed by atoms with Gasteiger partial charge in [0.2, 0.25) is 0 Å². The summed E-state index contributed by atoms with van der Waals surface area (Å²) in [6.07, 6.45) is 0. The number of hydrogen-bond acceptors (Lipinski definition) is 5. The van der Waals surface area contributed by atoms with Gasteiger partial charge in [-0.05, 0) is 23.8 Å². The van der Waals surface area contributed by atoms with Crippen molar-refractivity contribution in [2.45, 2.75) is 13.2 Å². The van der Waals surface area contributed by atoms with Crippen LogP contribution < -0.4 is 4.74 Å². The van der Waals surface area contributed by atoms with E-state index in [0.29, 0.717) is 23.7 Å². The lowest BCUT2D eigenvalue weighted by atomic mass is 10.2. The van der Waals surface area contributed by atoms with Gasteiger partial charge in [-0.2, -0.15) is 0 Å². The Bertz CT molecular complexity index is 642. The van der Waals surface area contributed by atoms with E-state index in [1.54, 1.807) is 13.2 Å². The molecule has 0 saturated carbocycles. The minimum atomic E-state index is -0.512. The summed E-state index contributed by atoms with van der Waals surface area (Å²) in [6, 6.07) is 11.4. The summed E-state index contributed by atoms with van der Waals surface area (Å²) in [5, 5.41) is 20.0. The summed E-state index contributed by atoms with van der Waals surface area (Å²) in [5.41, 5.74) is 1.23. The number of aliphatic hydroxyl groups excluding tert-OH is 1. The molecule has 0 fully saturated rings. The van der Waals surface area contributed by atoms with Crippen LogP contribution in [0.25, 0.3) is 0 Å². The van der Waals surface area contributed by atoms with Gasteiger partial charge in [0.25, 0.3) is 5.69 Å². The zero-order valence-electron chi connectivity index (χ0n) is 11.5. The molecule has 0 saturated heterocycles. The molecular weight excluding hydrogens is 274 g/mol. The van der Waals surface area contributed by atoms with Crippen molar-refractivity contribution in [2.75, 3.05) is 7.11 Å². The van der Waals surface area contributed by atoms with Gasteiger partial charge >= 0.3 is 0 Å². The van der Waals surface area contributed by atoms with Gasteiger partial charge in [-0.25, -0.2) is 0 Å². The number of benzene rings is 2. The summed E-state index contributed by atoms with van der Waals surface area (Å²) in [5.74, 6) is 0.964. The lowest BCUT2D eigenvalue weighted by Gasteiger charge is -2.10. The molecule has 0 aliphatic rings. The van der Waals surface area contributed by atoms with E-state index >= 15 is 0 Å². The van der Waals surface area contributed by atoms with E-state index in [9.17, 15) is 15.2 Å². The van der Waals surface area contributed by atoms with E-state index in [4.69, 9.17) is 9.47 Å². The summed E-state index contributed by atoms with van der Waals surface area (Å²) in [6.45, 7) is 0.124. The standard InChI is InChI=1S/C15H15NO5/c1-20-10-11-3-2-4-14(7-11)21-15-6-5-13(16(18)19)8-12(15)9-17/h2-8,17H,9-10H2,1H3. The van der Waals surface area contributed by atoms with Gasteiger partial charge < -0.3 is 14.6 Å². The van der Waals surface area contributed by atoms with Gasteiger partial charge in [-0.3, -0.25) is 10.1 Å². The minimum Gasteiger partial charge on any atom is -0.457 e. The van der Waals surface area contributed by atoms with Crippen molar-refractivity contribution in [1.82, 2.24) is 0 Å². The molecule has 1 N–H and O–H groups in total. The maximum Gasteiger partial charge on any atom is 0.270 e. The van der Waals surface area contributed by atoms with E-state index in [1.165, 1.54) is 18.2 Å². The molecule has 2 aromatic rings. The van der Waals surface area contributed by atoms with Crippen LogP contribution in [0.3, 0.4) is 0 Å². The van der Waals surface area contributed by atoms with Crippen LogP contribution in [0.4, 0.5) is 5.69 Å². The quantitative estimate of drug-likeness (QED) is 0.653. The molecule has 0 amide bonds. The second-order valence-corrected chi connectivity index (χ2v) is 4.39. The van der Waals surface area contributed by atoms with Crippen LogP contribution in [0, 0.1) is 10.1 Å². The van der Waals surface area contributed by atoms with E-state index < -0.39 is 4.92 Å². The second kappa shape index (κ2) is 6.83. The first-order valence-electron chi connectivity index (χ1n) is 6.28. The first-order chi connectivity index (χ1) is 10.1. The number of nitro groups is 1. The zero-order valence-corrected chi connectivity index (χ0v) is 11.5. The summed E-state index contributed by atoms with van der Waals surface area (Å²) in [7, 11) is 1.60. The molecule has 110 valence electrons. The fraction of sp³-hybridized carbons (Fsp3) is 0.200. The maximum atomic E-state index is 10.7. The van der Waals surface area contributed by atoms with Gasteiger partial charge in [0, 0.05) is 24.8 Å². The number of methoxy groups -OCH3 is 1. The monoisotopic (exact) mass is 289 g/mol. The van der Waals surface area contributed by atoms with Crippen molar-refractivity contribution in [1.29, 1.82) is 0 Å². The van der Waals surface area contributed by atoms with E-state index in [1.807, 2.05) is 18.2 Å². The average molecular weight is 289 g/mol. The van der Waals surface area contributed by atoms with Gasteiger partial charge in [-0.15, -0.1) is 0 Å². The Morgan fingerprint density at radius 2 is 2.05 bits per heavy atom. The molecule has 6 heteroatoms. The van der Waals surface area contributed by atoms with E-state index in [2.05, 4.69) is 0 Å². The Hall–Kier alpha value is -2.44. The average Bonchev–Trinajstić information content (AvgIpc) is 2.48. The smallest absolute Gasteiger partial charge is 0.270 e. The highest BCUT2D eigenvalue weighted by molar-refractivity contribution is 5.45. The lowest BCUT2D eigenvalue weighted by Crippen LogP contribution is -1.95.